The molecule has 0 aromatic rings. The Hall–Kier alpha value is -1.94. The molecule has 0 rings (SSSR count). The first-order valence-corrected chi connectivity index (χ1v) is 47.5. The Morgan fingerprint density at radius 2 is 0.486 bits per heavy atom. The van der Waals surface area contributed by atoms with Crippen molar-refractivity contribution in [2.45, 2.75) is 477 Å². The van der Waals surface area contributed by atoms with E-state index in [0.29, 0.717) is 25.7 Å². The topological polar surface area (TPSA) is 237 Å². The molecule has 0 bridgehead atoms. The van der Waals surface area contributed by atoms with Gasteiger partial charge in [-0.3, -0.25) is 37.3 Å². The maximum Gasteiger partial charge on any atom is 0.472 e. The van der Waals surface area contributed by atoms with Gasteiger partial charge in [0.1, 0.15) is 19.3 Å². The molecule has 0 aromatic carbocycles. The lowest BCUT2D eigenvalue weighted by Gasteiger charge is -2.21. The van der Waals surface area contributed by atoms with Crippen LogP contribution < -0.4 is 0 Å². The highest BCUT2D eigenvalue weighted by atomic mass is 31.2. The van der Waals surface area contributed by atoms with Crippen LogP contribution in [0.1, 0.15) is 459 Å². The number of rotatable bonds is 85. The van der Waals surface area contributed by atoms with Crippen molar-refractivity contribution < 1.29 is 80.2 Å². The molecule has 0 aliphatic carbocycles. The number of aliphatic hydroxyl groups is 1. The van der Waals surface area contributed by atoms with E-state index in [1.807, 2.05) is 0 Å². The molecule has 3 unspecified atom stereocenters. The van der Waals surface area contributed by atoms with Gasteiger partial charge < -0.3 is 33.8 Å². The fraction of sp³-hybridized carbons (Fsp3) is 0.953. The van der Waals surface area contributed by atoms with E-state index >= 15 is 0 Å². The third kappa shape index (κ3) is 78.5. The Morgan fingerprint density at radius 3 is 0.724 bits per heavy atom. The van der Waals surface area contributed by atoms with Crippen molar-refractivity contribution in [1.29, 1.82) is 0 Å². The molecular weight excluding hydrogens is 1370 g/mol. The summed E-state index contributed by atoms with van der Waals surface area (Å²) in [4.78, 5) is 73.2. The van der Waals surface area contributed by atoms with Crippen molar-refractivity contribution in [2.75, 3.05) is 39.6 Å². The van der Waals surface area contributed by atoms with Gasteiger partial charge in [-0.05, 0) is 37.5 Å². The second-order valence-electron chi connectivity index (χ2n) is 31.6. The Labute approximate surface area is 645 Å². The molecule has 19 heteroatoms. The van der Waals surface area contributed by atoms with E-state index < -0.39 is 97.5 Å². The molecule has 0 saturated carbocycles. The number of ether oxygens (including phenoxy) is 4. The number of phosphoric ester groups is 2. The molecule has 0 saturated heterocycles. The summed E-state index contributed by atoms with van der Waals surface area (Å²) in [7, 11) is -9.93. The lowest BCUT2D eigenvalue weighted by molar-refractivity contribution is -0.161. The van der Waals surface area contributed by atoms with Crippen molar-refractivity contribution in [2.24, 2.45) is 11.8 Å². The minimum Gasteiger partial charge on any atom is -0.462 e. The molecular formula is C86H168O17P2. The van der Waals surface area contributed by atoms with Gasteiger partial charge in [-0.1, -0.05) is 408 Å². The number of phosphoric acid groups is 2. The number of hydrogen-bond acceptors (Lipinski definition) is 15. The smallest absolute Gasteiger partial charge is 0.462 e. The van der Waals surface area contributed by atoms with Crippen molar-refractivity contribution in [3.63, 3.8) is 0 Å². The van der Waals surface area contributed by atoms with Crippen LogP contribution in [-0.4, -0.2) is 96.7 Å². The number of unbranched alkanes of at least 4 members (excludes halogenated alkanes) is 54. The largest absolute Gasteiger partial charge is 0.472 e. The van der Waals surface area contributed by atoms with Gasteiger partial charge in [-0.25, -0.2) is 9.13 Å². The predicted octanol–water partition coefficient (Wildman–Crippen LogP) is 26.2. The van der Waals surface area contributed by atoms with Gasteiger partial charge in [0, 0.05) is 25.7 Å². The normalized spacial score (nSPS) is 14.1. The summed E-state index contributed by atoms with van der Waals surface area (Å²) >= 11 is 0. The molecule has 0 radical (unpaired) electrons. The lowest BCUT2D eigenvalue weighted by atomic mass is 9.99. The summed E-state index contributed by atoms with van der Waals surface area (Å²) in [5.41, 5.74) is 0. The molecule has 0 fully saturated rings. The zero-order valence-electron chi connectivity index (χ0n) is 69.0. The molecule has 17 nitrogen and oxygen atoms in total. The van der Waals surface area contributed by atoms with Crippen LogP contribution in [0.3, 0.4) is 0 Å². The Kier molecular flexibility index (Phi) is 76.0. The van der Waals surface area contributed by atoms with Crippen molar-refractivity contribution in [1.82, 2.24) is 0 Å². The summed E-state index contributed by atoms with van der Waals surface area (Å²) in [6, 6.07) is 0. The van der Waals surface area contributed by atoms with E-state index in [9.17, 15) is 43.2 Å². The first-order valence-electron chi connectivity index (χ1n) is 44.5. The van der Waals surface area contributed by atoms with E-state index in [-0.39, 0.29) is 25.7 Å². The number of hydrogen-bond donors (Lipinski definition) is 3. The first kappa shape index (κ1) is 103. The molecule has 624 valence electrons. The molecule has 105 heavy (non-hydrogen) atoms. The molecule has 0 spiro atoms. The summed E-state index contributed by atoms with van der Waals surface area (Å²) in [6.07, 6.45) is 69.4. The molecule has 0 aromatic heterocycles. The van der Waals surface area contributed by atoms with E-state index in [4.69, 9.17) is 37.0 Å². The molecule has 0 aliphatic rings. The zero-order valence-corrected chi connectivity index (χ0v) is 70.8. The summed E-state index contributed by atoms with van der Waals surface area (Å²) in [5.74, 6) is -0.476. The van der Waals surface area contributed by atoms with Crippen molar-refractivity contribution in [3.8, 4) is 0 Å². The van der Waals surface area contributed by atoms with Crippen LogP contribution in [0, 0.1) is 11.8 Å². The molecule has 0 amide bonds. The van der Waals surface area contributed by atoms with Gasteiger partial charge in [0.05, 0.1) is 26.4 Å². The average Bonchev–Trinajstić information content (AvgIpc) is 0.930. The summed E-state index contributed by atoms with van der Waals surface area (Å²) < 4.78 is 68.9. The van der Waals surface area contributed by atoms with Gasteiger partial charge in [-0.15, -0.1) is 0 Å². The average molecular weight is 1540 g/mol. The predicted molar refractivity (Wildman–Crippen MR) is 432 cm³/mol. The van der Waals surface area contributed by atoms with Gasteiger partial charge in [-0.2, -0.15) is 0 Å². The number of esters is 4. The first-order chi connectivity index (χ1) is 50.9. The van der Waals surface area contributed by atoms with Crippen LogP contribution >= 0.6 is 15.6 Å². The second kappa shape index (κ2) is 77.4. The van der Waals surface area contributed by atoms with Crippen LogP contribution in [0.25, 0.3) is 0 Å². The minimum atomic E-state index is -4.97. The fourth-order valence-electron chi connectivity index (χ4n) is 13.4. The van der Waals surface area contributed by atoms with Gasteiger partial charge in [0.2, 0.25) is 0 Å². The lowest BCUT2D eigenvalue weighted by Crippen LogP contribution is -2.30. The summed E-state index contributed by atoms with van der Waals surface area (Å²) in [6.45, 7) is 9.72. The van der Waals surface area contributed by atoms with Crippen molar-refractivity contribution >= 4 is 39.5 Å². The van der Waals surface area contributed by atoms with Gasteiger partial charge in [0.25, 0.3) is 0 Å². The van der Waals surface area contributed by atoms with Crippen LogP contribution in [-0.2, 0) is 65.4 Å². The third-order valence-electron chi connectivity index (χ3n) is 20.6. The highest BCUT2D eigenvalue weighted by molar-refractivity contribution is 7.47. The maximum absolute atomic E-state index is 13.1. The number of carbonyl (C=O) groups excluding carboxylic acids is 4. The van der Waals surface area contributed by atoms with E-state index in [1.165, 1.54) is 276 Å². The van der Waals surface area contributed by atoms with Crippen LogP contribution in [0.4, 0.5) is 0 Å². The van der Waals surface area contributed by atoms with E-state index in [0.717, 1.165) is 102 Å². The number of carbonyl (C=O) groups is 4. The van der Waals surface area contributed by atoms with Gasteiger partial charge >= 0.3 is 39.5 Å². The summed E-state index contributed by atoms with van der Waals surface area (Å²) in [5, 5.41) is 10.7. The van der Waals surface area contributed by atoms with Gasteiger partial charge in [0.15, 0.2) is 12.2 Å². The van der Waals surface area contributed by atoms with Crippen LogP contribution in [0.15, 0.2) is 0 Å². The van der Waals surface area contributed by atoms with E-state index in [2.05, 4.69) is 41.5 Å². The standard InChI is InChI=1S/C86H168O17P2/c1-7-10-12-14-16-18-20-21-22-23-24-25-26-27-28-29-34-40-46-52-58-64-70-85(90)103-82(75-97-84(89)69-63-57-51-45-39-33-31-30-32-38-43-49-55-61-67-79(6)9-3)77-101-105(94,95)99-73-80(87)72-98-104(92,93)100-76-81(74-96-83(88)68-62-56-50-44-19-17-15-13-11-8-2)102-86(91)71-65-59-53-47-41-36-35-37-42-48-54-60-66-78(4)5/h78-82,87H,7-77H2,1-6H3,(H,92,93)(H,94,95)/t79?,80-,81+,82+/m0/s1. The quantitative estimate of drug-likeness (QED) is 0.0222. The molecule has 6 atom stereocenters. The zero-order chi connectivity index (χ0) is 77.1. The maximum atomic E-state index is 13.1. The SMILES string of the molecule is CCCCCCCCCCCCCCCCCCCCCCCCC(=O)O[C@H](COC(=O)CCCCCCCCCCCCCCCCC(C)CC)COP(=O)(O)OC[C@@H](O)COP(=O)(O)OC[C@@H](COC(=O)CCCCCCCCCCCC)OC(=O)CCCCCCCCCCCCCCC(C)C. The Balaban J connectivity index is 5.22. The second-order valence-corrected chi connectivity index (χ2v) is 34.6. The molecule has 0 heterocycles. The van der Waals surface area contributed by atoms with Crippen LogP contribution in [0.2, 0.25) is 0 Å². The highest BCUT2D eigenvalue weighted by Crippen LogP contribution is 2.45. The fourth-order valence-corrected chi connectivity index (χ4v) is 15.0. The minimum absolute atomic E-state index is 0.107. The Morgan fingerprint density at radius 1 is 0.276 bits per heavy atom. The highest BCUT2D eigenvalue weighted by Gasteiger charge is 2.30. The van der Waals surface area contributed by atoms with E-state index in [1.54, 1.807) is 0 Å². The molecule has 3 N–H and O–H groups in total. The van der Waals surface area contributed by atoms with Crippen LogP contribution in [0.5, 0.6) is 0 Å². The number of aliphatic hydroxyl groups excluding tert-OH is 1. The monoisotopic (exact) mass is 1540 g/mol. The molecule has 0 aliphatic heterocycles. The van der Waals surface area contributed by atoms with Crippen molar-refractivity contribution in [3.05, 3.63) is 0 Å². The third-order valence-corrected chi connectivity index (χ3v) is 22.5. The Bertz CT molecular complexity index is 2010.